The monoisotopic (exact) mass is 213 g/mol. The van der Waals surface area contributed by atoms with E-state index in [0.29, 0.717) is 12.2 Å². The molecule has 0 radical (unpaired) electrons. The van der Waals surface area contributed by atoms with Gasteiger partial charge in [0.2, 0.25) is 0 Å². The van der Waals surface area contributed by atoms with Gasteiger partial charge < -0.3 is 14.8 Å². The maximum Gasteiger partial charge on any atom is 0.0813 e. The molecule has 2 fully saturated rings. The van der Waals surface area contributed by atoms with Gasteiger partial charge in [0.05, 0.1) is 25.4 Å². The number of hydrogen-bond donors (Lipinski definition) is 1. The van der Waals surface area contributed by atoms with Crippen molar-refractivity contribution >= 4 is 0 Å². The Morgan fingerprint density at radius 2 is 2.20 bits per heavy atom. The van der Waals surface area contributed by atoms with Gasteiger partial charge in [0.15, 0.2) is 0 Å². The first-order valence-corrected chi connectivity index (χ1v) is 6.28. The second-order valence-electron chi connectivity index (χ2n) is 4.90. The van der Waals surface area contributed by atoms with Gasteiger partial charge in [-0.2, -0.15) is 0 Å². The molecule has 2 rings (SSSR count). The predicted octanol–water partition coefficient (Wildman–Crippen LogP) is 1.57. The van der Waals surface area contributed by atoms with Crippen molar-refractivity contribution in [3.63, 3.8) is 0 Å². The lowest BCUT2D eigenvalue weighted by molar-refractivity contribution is -0.0192. The smallest absolute Gasteiger partial charge is 0.0813 e. The Labute approximate surface area is 92.5 Å². The van der Waals surface area contributed by atoms with Crippen molar-refractivity contribution in [2.45, 2.75) is 44.8 Å². The number of hydrogen-bond acceptors (Lipinski definition) is 3. The van der Waals surface area contributed by atoms with Crippen molar-refractivity contribution in [2.24, 2.45) is 5.92 Å². The highest BCUT2D eigenvalue weighted by Crippen LogP contribution is 2.19. The van der Waals surface area contributed by atoms with E-state index in [2.05, 4.69) is 12.2 Å². The molecule has 2 aliphatic rings. The summed E-state index contributed by atoms with van der Waals surface area (Å²) in [5.74, 6) is 0.720. The van der Waals surface area contributed by atoms with Crippen LogP contribution in [-0.2, 0) is 9.47 Å². The molecule has 0 aromatic carbocycles. The van der Waals surface area contributed by atoms with Crippen molar-refractivity contribution < 1.29 is 9.47 Å². The van der Waals surface area contributed by atoms with Crippen molar-refractivity contribution in [2.75, 3.05) is 26.3 Å². The third kappa shape index (κ3) is 3.74. The summed E-state index contributed by atoms with van der Waals surface area (Å²) < 4.78 is 11.5. The highest BCUT2D eigenvalue weighted by atomic mass is 16.5. The van der Waals surface area contributed by atoms with E-state index in [0.717, 1.165) is 25.7 Å². The third-order valence-corrected chi connectivity index (χ3v) is 3.38. The van der Waals surface area contributed by atoms with Crippen LogP contribution in [0.3, 0.4) is 0 Å². The van der Waals surface area contributed by atoms with E-state index >= 15 is 0 Å². The molecule has 1 N–H and O–H groups in total. The van der Waals surface area contributed by atoms with E-state index in [1.807, 2.05) is 0 Å². The van der Waals surface area contributed by atoms with Gasteiger partial charge in [-0.25, -0.2) is 0 Å². The van der Waals surface area contributed by atoms with Gasteiger partial charge in [-0.05, 0) is 45.1 Å². The van der Waals surface area contributed by atoms with Crippen LogP contribution in [-0.4, -0.2) is 38.5 Å². The fourth-order valence-electron chi connectivity index (χ4n) is 2.44. The molecule has 3 nitrogen and oxygen atoms in total. The van der Waals surface area contributed by atoms with Crippen molar-refractivity contribution in [1.29, 1.82) is 0 Å². The van der Waals surface area contributed by atoms with Gasteiger partial charge in [-0.3, -0.25) is 0 Å². The summed E-state index contributed by atoms with van der Waals surface area (Å²) in [6.07, 6.45) is 5.77. The van der Waals surface area contributed by atoms with Crippen LogP contribution in [0.15, 0.2) is 0 Å². The molecule has 0 aromatic rings. The molecule has 2 aliphatic heterocycles. The van der Waals surface area contributed by atoms with Gasteiger partial charge in [-0.1, -0.05) is 0 Å². The Kier molecular flexibility index (Phi) is 4.42. The Balaban J connectivity index is 1.54. The Morgan fingerprint density at radius 3 is 2.87 bits per heavy atom. The molecule has 15 heavy (non-hydrogen) atoms. The van der Waals surface area contributed by atoms with E-state index in [9.17, 15) is 0 Å². The molecule has 88 valence electrons. The fraction of sp³-hybridized carbons (Fsp3) is 1.00. The molecule has 3 heteroatoms. The quantitative estimate of drug-likeness (QED) is 0.769. The SMILES string of the molecule is CC1CCC(COCC2CCCNC2)O1. The number of piperidine rings is 1. The average molecular weight is 213 g/mol. The molecule has 2 heterocycles. The van der Waals surface area contributed by atoms with Gasteiger partial charge in [-0.15, -0.1) is 0 Å². The lowest BCUT2D eigenvalue weighted by atomic mass is 10.0. The van der Waals surface area contributed by atoms with Crippen LogP contribution in [0.4, 0.5) is 0 Å². The highest BCUT2D eigenvalue weighted by Gasteiger charge is 2.22. The molecule has 0 aliphatic carbocycles. The topological polar surface area (TPSA) is 30.5 Å². The van der Waals surface area contributed by atoms with Gasteiger partial charge in [0.1, 0.15) is 0 Å². The lowest BCUT2D eigenvalue weighted by Gasteiger charge is -2.23. The minimum atomic E-state index is 0.358. The molecule has 0 bridgehead atoms. The van der Waals surface area contributed by atoms with Crippen molar-refractivity contribution in [3.8, 4) is 0 Å². The Bertz CT molecular complexity index is 176. The predicted molar refractivity (Wildman–Crippen MR) is 60.0 cm³/mol. The van der Waals surface area contributed by atoms with E-state index in [1.54, 1.807) is 0 Å². The lowest BCUT2D eigenvalue weighted by Crippen LogP contribution is -2.33. The second kappa shape index (κ2) is 5.83. The second-order valence-corrected chi connectivity index (χ2v) is 4.90. The van der Waals surface area contributed by atoms with Crippen LogP contribution in [0.2, 0.25) is 0 Å². The summed E-state index contributed by atoms with van der Waals surface area (Å²) >= 11 is 0. The van der Waals surface area contributed by atoms with E-state index < -0.39 is 0 Å². The zero-order valence-corrected chi connectivity index (χ0v) is 9.71. The third-order valence-electron chi connectivity index (χ3n) is 3.38. The normalized spacial score (nSPS) is 37.0. The summed E-state index contributed by atoms with van der Waals surface area (Å²) in [5, 5.41) is 3.41. The maximum atomic E-state index is 5.74. The van der Waals surface area contributed by atoms with Crippen LogP contribution < -0.4 is 5.32 Å². The molecular weight excluding hydrogens is 190 g/mol. The minimum Gasteiger partial charge on any atom is -0.378 e. The van der Waals surface area contributed by atoms with E-state index in [-0.39, 0.29) is 0 Å². The molecule has 0 saturated carbocycles. The van der Waals surface area contributed by atoms with Crippen LogP contribution in [0.1, 0.15) is 32.6 Å². The summed E-state index contributed by atoms with van der Waals surface area (Å²) in [5.41, 5.74) is 0. The molecule has 0 amide bonds. The molecular formula is C12H23NO2. The van der Waals surface area contributed by atoms with Crippen LogP contribution in [0, 0.1) is 5.92 Å². The van der Waals surface area contributed by atoms with Gasteiger partial charge in [0.25, 0.3) is 0 Å². The number of rotatable bonds is 4. The summed E-state index contributed by atoms with van der Waals surface area (Å²) in [7, 11) is 0. The minimum absolute atomic E-state index is 0.358. The summed E-state index contributed by atoms with van der Waals surface area (Å²) in [4.78, 5) is 0. The average Bonchev–Trinajstić information content (AvgIpc) is 2.66. The van der Waals surface area contributed by atoms with Crippen LogP contribution in [0.25, 0.3) is 0 Å². The molecule has 2 saturated heterocycles. The van der Waals surface area contributed by atoms with Gasteiger partial charge in [0, 0.05) is 6.54 Å². The Hall–Kier alpha value is -0.120. The first-order chi connectivity index (χ1) is 7.34. The van der Waals surface area contributed by atoms with Gasteiger partial charge >= 0.3 is 0 Å². The molecule has 3 atom stereocenters. The van der Waals surface area contributed by atoms with Crippen molar-refractivity contribution in [1.82, 2.24) is 5.32 Å². The Morgan fingerprint density at radius 1 is 1.27 bits per heavy atom. The zero-order valence-electron chi connectivity index (χ0n) is 9.71. The zero-order chi connectivity index (χ0) is 10.5. The fourth-order valence-corrected chi connectivity index (χ4v) is 2.44. The number of ether oxygens (including phenoxy) is 2. The van der Waals surface area contributed by atoms with E-state index in [4.69, 9.17) is 9.47 Å². The standard InChI is InChI=1S/C12H23NO2/c1-10-4-5-12(15-10)9-14-8-11-3-2-6-13-7-11/h10-13H,2-9H2,1H3. The highest BCUT2D eigenvalue weighted by molar-refractivity contribution is 4.71. The van der Waals surface area contributed by atoms with Crippen LogP contribution in [0.5, 0.6) is 0 Å². The molecule has 0 aromatic heterocycles. The first kappa shape index (κ1) is 11.4. The number of nitrogens with one attached hydrogen (secondary N) is 1. The molecule has 3 unspecified atom stereocenters. The van der Waals surface area contributed by atoms with Crippen LogP contribution >= 0.6 is 0 Å². The van der Waals surface area contributed by atoms with Crippen molar-refractivity contribution in [3.05, 3.63) is 0 Å². The largest absolute Gasteiger partial charge is 0.378 e. The molecule has 0 spiro atoms. The maximum absolute atomic E-state index is 5.74. The summed E-state index contributed by atoms with van der Waals surface area (Å²) in [6, 6.07) is 0. The van der Waals surface area contributed by atoms with E-state index in [1.165, 1.54) is 32.2 Å². The summed E-state index contributed by atoms with van der Waals surface area (Å²) in [6.45, 7) is 6.15. The first-order valence-electron chi connectivity index (χ1n) is 6.28.